The highest BCUT2D eigenvalue weighted by Crippen LogP contribution is 2.43. The van der Waals surface area contributed by atoms with Crippen LogP contribution in [0.25, 0.3) is 10.9 Å². The second kappa shape index (κ2) is 4.36. The van der Waals surface area contributed by atoms with Gasteiger partial charge >= 0.3 is 0 Å². The standard InChI is InChI=1S/C16H20N2/c1-2-12-8-9-16(17,11-12)14-7-3-5-13-6-4-10-18-15(13)14/h3-7,10,12H,2,8-9,11,17H2,1H3. The second-order valence-corrected chi connectivity index (χ2v) is 5.55. The molecule has 1 aliphatic carbocycles. The maximum atomic E-state index is 6.67. The summed E-state index contributed by atoms with van der Waals surface area (Å²) >= 11 is 0. The van der Waals surface area contributed by atoms with E-state index in [-0.39, 0.29) is 5.54 Å². The van der Waals surface area contributed by atoms with E-state index in [2.05, 4.69) is 36.2 Å². The van der Waals surface area contributed by atoms with E-state index in [0.717, 1.165) is 24.3 Å². The van der Waals surface area contributed by atoms with E-state index < -0.39 is 0 Å². The highest BCUT2D eigenvalue weighted by Gasteiger charge is 2.37. The van der Waals surface area contributed by atoms with Crippen LogP contribution in [0, 0.1) is 5.92 Å². The van der Waals surface area contributed by atoms with Crippen molar-refractivity contribution in [2.45, 2.75) is 38.1 Å². The van der Waals surface area contributed by atoms with Gasteiger partial charge in [0.1, 0.15) is 0 Å². The van der Waals surface area contributed by atoms with Crippen molar-refractivity contribution >= 4 is 10.9 Å². The topological polar surface area (TPSA) is 38.9 Å². The quantitative estimate of drug-likeness (QED) is 0.871. The lowest BCUT2D eigenvalue weighted by Gasteiger charge is -2.26. The Balaban J connectivity index is 2.09. The van der Waals surface area contributed by atoms with Crippen LogP contribution in [0.4, 0.5) is 0 Å². The van der Waals surface area contributed by atoms with Gasteiger partial charge in [0, 0.05) is 17.1 Å². The lowest BCUT2D eigenvalue weighted by Crippen LogP contribution is -2.34. The van der Waals surface area contributed by atoms with Gasteiger partial charge in [-0.2, -0.15) is 0 Å². The summed E-state index contributed by atoms with van der Waals surface area (Å²) in [5.41, 5.74) is 8.82. The molecule has 0 radical (unpaired) electrons. The van der Waals surface area contributed by atoms with E-state index in [4.69, 9.17) is 5.73 Å². The Labute approximate surface area is 108 Å². The van der Waals surface area contributed by atoms with Gasteiger partial charge < -0.3 is 5.73 Å². The fraction of sp³-hybridized carbons (Fsp3) is 0.438. The first-order chi connectivity index (χ1) is 8.73. The number of pyridine rings is 1. The smallest absolute Gasteiger partial charge is 0.0752 e. The predicted octanol–water partition coefficient (Wildman–Crippen LogP) is 3.60. The molecule has 0 spiro atoms. The molecule has 0 saturated heterocycles. The Morgan fingerprint density at radius 2 is 2.17 bits per heavy atom. The number of hydrogen-bond donors (Lipinski definition) is 1. The van der Waals surface area contributed by atoms with Gasteiger partial charge in [-0.1, -0.05) is 37.6 Å². The van der Waals surface area contributed by atoms with Crippen LogP contribution in [-0.2, 0) is 5.54 Å². The zero-order valence-corrected chi connectivity index (χ0v) is 10.9. The Kier molecular flexibility index (Phi) is 2.83. The molecule has 1 aromatic carbocycles. The molecule has 1 fully saturated rings. The molecule has 2 unspecified atom stereocenters. The molecule has 0 aliphatic heterocycles. The number of nitrogens with zero attached hydrogens (tertiary/aromatic N) is 1. The number of rotatable bonds is 2. The van der Waals surface area contributed by atoms with Crippen LogP contribution in [0.15, 0.2) is 36.5 Å². The largest absolute Gasteiger partial charge is 0.321 e. The van der Waals surface area contributed by atoms with E-state index in [1.807, 2.05) is 12.3 Å². The highest BCUT2D eigenvalue weighted by atomic mass is 14.8. The van der Waals surface area contributed by atoms with Crippen LogP contribution in [0.3, 0.4) is 0 Å². The zero-order chi connectivity index (χ0) is 12.6. The molecule has 1 saturated carbocycles. The molecule has 2 atom stereocenters. The van der Waals surface area contributed by atoms with Crippen LogP contribution in [0.2, 0.25) is 0 Å². The average Bonchev–Trinajstić information content (AvgIpc) is 2.81. The van der Waals surface area contributed by atoms with E-state index in [9.17, 15) is 0 Å². The van der Waals surface area contributed by atoms with E-state index >= 15 is 0 Å². The van der Waals surface area contributed by atoms with Crippen molar-refractivity contribution in [3.05, 3.63) is 42.1 Å². The SMILES string of the molecule is CCC1CCC(N)(c2cccc3cccnc23)C1. The number of nitrogens with two attached hydrogens (primary N) is 1. The van der Waals surface area contributed by atoms with E-state index in [1.54, 1.807) is 0 Å². The summed E-state index contributed by atoms with van der Waals surface area (Å²) in [5, 5.41) is 1.19. The van der Waals surface area contributed by atoms with E-state index in [1.165, 1.54) is 23.8 Å². The van der Waals surface area contributed by atoms with Gasteiger partial charge in [0.2, 0.25) is 0 Å². The molecule has 2 heteroatoms. The van der Waals surface area contributed by atoms with Gasteiger partial charge in [-0.15, -0.1) is 0 Å². The normalized spacial score (nSPS) is 27.8. The molecule has 18 heavy (non-hydrogen) atoms. The summed E-state index contributed by atoms with van der Waals surface area (Å²) in [7, 11) is 0. The Morgan fingerprint density at radius 3 is 2.94 bits per heavy atom. The first kappa shape index (κ1) is 11.7. The molecule has 2 N–H and O–H groups in total. The number of hydrogen-bond acceptors (Lipinski definition) is 2. The highest BCUT2D eigenvalue weighted by molar-refractivity contribution is 5.82. The summed E-state index contributed by atoms with van der Waals surface area (Å²) in [6.07, 6.45) is 6.52. The number of para-hydroxylation sites is 1. The average molecular weight is 240 g/mol. The van der Waals surface area contributed by atoms with E-state index in [0.29, 0.717) is 0 Å². The van der Waals surface area contributed by atoms with Gasteiger partial charge in [0.15, 0.2) is 0 Å². The van der Waals surface area contributed by atoms with Crippen molar-refractivity contribution in [3.63, 3.8) is 0 Å². The van der Waals surface area contributed by atoms with Gasteiger partial charge in [0.25, 0.3) is 0 Å². The molecule has 1 aliphatic rings. The minimum atomic E-state index is -0.172. The molecule has 3 rings (SSSR count). The first-order valence-corrected chi connectivity index (χ1v) is 6.86. The molecule has 0 bridgehead atoms. The lowest BCUT2D eigenvalue weighted by atomic mass is 9.86. The summed E-state index contributed by atoms with van der Waals surface area (Å²) in [6.45, 7) is 2.26. The fourth-order valence-corrected chi connectivity index (χ4v) is 3.28. The molecule has 1 aromatic heterocycles. The predicted molar refractivity (Wildman–Crippen MR) is 75.2 cm³/mol. The van der Waals surface area contributed by atoms with Crippen molar-refractivity contribution in [1.29, 1.82) is 0 Å². The van der Waals surface area contributed by atoms with Crippen molar-refractivity contribution in [3.8, 4) is 0 Å². The zero-order valence-electron chi connectivity index (χ0n) is 10.9. The lowest BCUT2D eigenvalue weighted by molar-refractivity contribution is 0.427. The molecular formula is C16H20N2. The summed E-state index contributed by atoms with van der Waals surface area (Å²) < 4.78 is 0. The van der Waals surface area contributed by atoms with Crippen LogP contribution in [-0.4, -0.2) is 4.98 Å². The molecule has 1 heterocycles. The number of fused-ring (bicyclic) bond motifs is 1. The number of benzene rings is 1. The monoisotopic (exact) mass is 240 g/mol. The first-order valence-electron chi connectivity index (χ1n) is 6.86. The van der Waals surface area contributed by atoms with Crippen molar-refractivity contribution in [2.75, 3.05) is 0 Å². The molecule has 2 nitrogen and oxygen atoms in total. The Bertz CT molecular complexity index is 559. The van der Waals surface area contributed by atoms with Crippen LogP contribution >= 0.6 is 0 Å². The van der Waals surface area contributed by atoms with Gasteiger partial charge in [-0.05, 0) is 36.8 Å². The fourth-order valence-electron chi connectivity index (χ4n) is 3.28. The van der Waals surface area contributed by atoms with Crippen LogP contribution < -0.4 is 5.73 Å². The summed E-state index contributed by atoms with van der Waals surface area (Å²) in [4.78, 5) is 4.54. The maximum absolute atomic E-state index is 6.67. The minimum absolute atomic E-state index is 0.172. The van der Waals surface area contributed by atoms with Crippen LogP contribution in [0.1, 0.15) is 38.2 Å². The van der Waals surface area contributed by atoms with Gasteiger partial charge in [0.05, 0.1) is 5.52 Å². The third-order valence-electron chi connectivity index (χ3n) is 4.40. The Hall–Kier alpha value is -1.41. The van der Waals surface area contributed by atoms with Crippen molar-refractivity contribution in [2.24, 2.45) is 11.7 Å². The Morgan fingerprint density at radius 1 is 1.33 bits per heavy atom. The van der Waals surface area contributed by atoms with Gasteiger partial charge in [-0.3, -0.25) is 4.98 Å². The third-order valence-corrected chi connectivity index (χ3v) is 4.40. The van der Waals surface area contributed by atoms with Crippen molar-refractivity contribution < 1.29 is 0 Å². The van der Waals surface area contributed by atoms with Gasteiger partial charge in [-0.25, -0.2) is 0 Å². The number of aromatic nitrogens is 1. The van der Waals surface area contributed by atoms with Crippen molar-refractivity contribution in [1.82, 2.24) is 4.98 Å². The molecular weight excluding hydrogens is 220 g/mol. The van der Waals surface area contributed by atoms with Crippen LogP contribution in [0.5, 0.6) is 0 Å². The maximum Gasteiger partial charge on any atom is 0.0752 e. The third kappa shape index (κ3) is 1.81. The summed E-state index contributed by atoms with van der Waals surface area (Å²) in [6, 6.07) is 10.5. The molecule has 94 valence electrons. The second-order valence-electron chi connectivity index (χ2n) is 5.55. The minimum Gasteiger partial charge on any atom is -0.321 e. The summed E-state index contributed by atoms with van der Waals surface area (Å²) in [5.74, 6) is 0.772. The molecule has 0 amide bonds. The molecule has 2 aromatic rings.